The predicted molar refractivity (Wildman–Crippen MR) is 79.6 cm³/mol. The standard InChI is InChI=1S/C16H20O4/c1-18-8-4-6-13-10-14(7-5-9-19-2)12-15(11-13)16(17)20-3/h4-7,10-12H,8-9H2,1-3H3/b6-4+,7-5+. The Morgan fingerprint density at radius 1 is 0.950 bits per heavy atom. The number of benzene rings is 1. The summed E-state index contributed by atoms with van der Waals surface area (Å²) in [5, 5.41) is 0. The van der Waals surface area contributed by atoms with Gasteiger partial charge in [-0.05, 0) is 29.3 Å². The van der Waals surface area contributed by atoms with Crippen molar-refractivity contribution in [1.82, 2.24) is 0 Å². The molecular formula is C16H20O4. The van der Waals surface area contributed by atoms with E-state index in [0.29, 0.717) is 18.8 Å². The number of hydrogen-bond acceptors (Lipinski definition) is 4. The van der Waals surface area contributed by atoms with Crippen LogP contribution in [0.2, 0.25) is 0 Å². The predicted octanol–water partition coefficient (Wildman–Crippen LogP) is 2.79. The molecule has 0 aromatic heterocycles. The van der Waals surface area contributed by atoms with Crippen molar-refractivity contribution < 1.29 is 19.0 Å². The van der Waals surface area contributed by atoms with Crippen molar-refractivity contribution in [2.75, 3.05) is 34.5 Å². The third kappa shape index (κ3) is 5.38. The summed E-state index contributed by atoms with van der Waals surface area (Å²) >= 11 is 0. The van der Waals surface area contributed by atoms with Gasteiger partial charge >= 0.3 is 5.97 Å². The number of hydrogen-bond donors (Lipinski definition) is 0. The van der Waals surface area contributed by atoms with Crippen LogP contribution >= 0.6 is 0 Å². The topological polar surface area (TPSA) is 44.8 Å². The van der Waals surface area contributed by atoms with Crippen molar-refractivity contribution in [3.8, 4) is 0 Å². The summed E-state index contributed by atoms with van der Waals surface area (Å²) in [5.74, 6) is -0.353. The van der Waals surface area contributed by atoms with Gasteiger partial charge in [-0.1, -0.05) is 24.3 Å². The van der Waals surface area contributed by atoms with Crippen LogP contribution in [0.3, 0.4) is 0 Å². The third-order valence-corrected chi connectivity index (χ3v) is 2.55. The Morgan fingerprint density at radius 3 is 1.85 bits per heavy atom. The summed E-state index contributed by atoms with van der Waals surface area (Å²) in [5.41, 5.74) is 2.35. The van der Waals surface area contributed by atoms with E-state index in [0.717, 1.165) is 11.1 Å². The molecule has 1 aromatic rings. The molecule has 108 valence electrons. The molecule has 0 saturated carbocycles. The molecule has 0 heterocycles. The van der Waals surface area contributed by atoms with Gasteiger partial charge in [0.15, 0.2) is 0 Å². The molecule has 0 N–H and O–H groups in total. The van der Waals surface area contributed by atoms with Crippen molar-refractivity contribution in [2.24, 2.45) is 0 Å². The van der Waals surface area contributed by atoms with E-state index in [-0.39, 0.29) is 5.97 Å². The van der Waals surface area contributed by atoms with Gasteiger partial charge in [0.05, 0.1) is 25.9 Å². The van der Waals surface area contributed by atoms with E-state index in [2.05, 4.69) is 0 Å². The highest BCUT2D eigenvalue weighted by Crippen LogP contribution is 2.14. The number of ether oxygens (including phenoxy) is 3. The SMILES string of the molecule is COC/C=C/c1cc(/C=C/COC)cc(C(=O)OC)c1. The average Bonchev–Trinajstić information content (AvgIpc) is 2.47. The van der Waals surface area contributed by atoms with Crippen LogP contribution in [-0.2, 0) is 14.2 Å². The largest absolute Gasteiger partial charge is 0.465 e. The Kier molecular flexibility index (Phi) is 7.32. The Bertz CT molecular complexity index is 455. The van der Waals surface area contributed by atoms with E-state index >= 15 is 0 Å². The average molecular weight is 276 g/mol. The first kappa shape index (κ1) is 16.1. The second-order valence-electron chi connectivity index (χ2n) is 4.10. The third-order valence-electron chi connectivity index (χ3n) is 2.55. The fourth-order valence-corrected chi connectivity index (χ4v) is 1.67. The van der Waals surface area contributed by atoms with E-state index in [9.17, 15) is 4.79 Å². The van der Waals surface area contributed by atoms with Crippen molar-refractivity contribution in [1.29, 1.82) is 0 Å². The molecule has 0 fully saturated rings. The lowest BCUT2D eigenvalue weighted by Crippen LogP contribution is -2.02. The summed E-state index contributed by atoms with van der Waals surface area (Å²) < 4.78 is 14.7. The van der Waals surface area contributed by atoms with E-state index < -0.39 is 0 Å². The minimum atomic E-state index is -0.353. The van der Waals surface area contributed by atoms with Crippen LogP contribution < -0.4 is 0 Å². The molecule has 4 heteroatoms. The molecule has 20 heavy (non-hydrogen) atoms. The van der Waals surface area contributed by atoms with Crippen molar-refractivity contribution in [3.63, 3.8) is 0 Å². The molecular weight excluding hydrogens is 256 g/mol. The quantitative estimate of drug-likeness (QED) is 0.718. The molecule has 0 amide bonds. The van der Waals surface area contributed by atoms with Gasteiger partial charge < -0.3 is 14.2 Å². The van der Waals surface area contributed by atoms with Gasteiger partial charge in [-0.25, -0.2) is 4.79 Å². The Balaban J connectivity index is 3.04. The Hall–Kier alpha value is -1.91. The fourth-order valence-electron chi connectivity index (χ4n) is 1.67. The van der Waals surface area contributed by atoms with E-state index in [4.69, 9.17) is 14.2 Å². The summed E-state index contributed by atoms with van der Waals surface area (Å²) in [6.07, 6.45) is 7.59. The van der Waals surface area contributed by atoms with Crippen LogP contribution in [0.4, 0.5) is 0 Å². The molecule has 1 rings (SSSR count). The highest BCUT2D eigenvalue weighted by molar-refractivity contribution is 5.91. The number of methoxy groups -OCH3 is 3. The molecule has 0 saturated heterocycles. The first-order valence-electron chi connectivity index (χ1n) is 6.25. The Morgan fingerprint density at radius 2 is 1.45 bits per heavy atom. The highest BCUT2D eigenvalue weighted by atomic mass is 16.5. The van der Waals surface area contributed by atoms with Gasteiger partial charge in [0.2, 0.25) is 0 Å². The summed E-state index contributed by atoms with van der Waals surface area (Å²) in [7, 11) is 4.64. The summed E-state index contributed by atoms with van der Waals surface area (Å²) in [6, 6.07) is 5.54. The van der Waals surface area contributed by atoms with Gasteiger partial charge in [0.1, 0.15) is 0 Å². The van der Waals surface area contributed by atoms with Crippen LogP contribution in [0.15, 0.2) is 30.4 Å². The summed E-state index contributed by atoms with van der Waals surface area (Å²) in [6.45, 7) is 1.05. The number of esters is 1. The van der Waals surface area contributed by atoms with Gasteiger partial charge in [-0.2, -0.15) is 0 Å². The lowest BCUT2D eigenvalue weighted by Gasteiger charge is -2.04. The van der Waals surface area contributed by atoms with Gasteiger partial charge in [-0.15, -0.1) is 0 Å². The first-order chi connectivity index (χ1) is 9.71. The maximum Gasteiger partial charge on any atom is 0.337 e. The molecule has 0 radical (unpaired) electrons. The van der Waals surface area contributed by atoms with Crippen LogP contribution in [0.1, 0.15) is 21.5 Å². The minimum Gasteiger partial charge on any atom is -0.465 e. The zero-order chi connectivity index (χ0) is 14.8. The monoisotopic (exact) mass is 276 g/mol. The Labute approximate surface area is 119 Å². The first-order valence-corrected chi connectivity index (χ1v) is 6.25. The molecule has 0 spiro atoms. The van der Waals surface area contributed by atoms with Crippen LogP contribution in [0.25, 0.3) is 12.2 Å². The van der Waals surface area contributed by atoms with Crippen LogP contribution in [0.5, 0.6) is 0 Å². The zero-order valence-corrected chi connectivity index (χ0v) is 12.1. The molecule has 0 unspecified atom stereocenters. The normalized spacial score (nSPS) is 11.3. The highest BCUT2D eigenvalue weighted by Gasteiger charge is 2.06. The van der Waals surface area contributed by atoms with Crippen molar-refractivity contribution in [2.45, 2.75) is 0 Å². The van der Waals surface area contributed by atoms with Gasteiger partial charge in [0.25, 0.3) is 0 Å². The molecule has 0 aliphatic heterocycles. The lowest BCUT2D eigenvalue weighted by molar-refractivity contribution is 0.0600. The van der Waals surface area contributed by atoms with E-state index in [1.54, 1.807) is 26.4 Å². The number of carbonyl (C=O) groups excluding carboxylic acids is 1. The molecule has 0 bridgehead atoms. The number of rotatable bonds is 7. The maximum absolute atomic E-state index is 11.7. The molecule has 4 nitrogen and oxygen atoms in total. The van der Waals surface area contributed by atoms with Crippen LogP contribution in [0, 0.1) is 0 Å². The van der Waals surface area contributed by atoms with Crippen molar-refractivity contribution in [3.05, 3.63) is 47.0 Å². The fraction of sp³-hybridized carbons (Fsp3) is 0.312. The lowest BCUT2D eigenvalue weighted by atomic mass is 10.0. The molecule has 0 atom stereocenters. The second-order valence-corrected chi connectivity index (χ2v) is 4.10. The van der Waals surface area contributed by atoms with Gasteiger partial charge in [0, 0.05) is 14.2 Å². The number of carbonyl (C=O) groups is 1. The second kappa shape index (κ2) is 9.07. The van der Waals surface area contributed by atoms with Crippen LogP contribution in [-0.4, -0.2) is 40.5 Å². The minimum absolute atomic E-state index is 0.353. The molecule has 0 aliphatic carbocycles. The van der Waals surface area contributed by atoms with E-state index in [1.807, 2.05) is 30.4 Å². The molecule has 1 aromatic carbocycles. The smallest absolute Gasteiger partial charge is 0.337 e. The zero-order valence-electron chi connectivity index (χ0n) is 12.1. The maximum atomic E-state index is 11.7. The van der Waals surface area contributed by atoms with E-state index in [1.165, 1.54) is 7.11 Å². The summed E-state index contributed by atoms with van der Waals surface area (Å²) in [4.78, 5) is 11.7. The van der Waals surface area contributed by atoms with Gasteiger partial charge in [-0.3, -0.25) is 0 Å². The molecule has 0 aliphatic rings. The van der Waals surface area contributed by atoms with Crippen molar-refractivity contribution >= 4 is 18.1 Å².